The number of nitrogens with zero attached hydrogens (tertiary/aromatic N) is 4. The van der Waals surface area contributed by atoms with Gasteiger partial charge in [0.2, 0.25) is 5.95 Å². The van der Waals surface area contributed by atoms with E-state index >= 15 is 0 Å². The molecule has 0 radical (unpaired) electrons. The Labute approximate surface area is 87.0 Å². The summed E-state index contributed by atoms with van der Waals surface area (Å²) in [6.07, 6.45) is 5.54. The third-order valence-electron chi connectivity index (χ3n) is 2.59. The highest BCUT2D eigenvalue weighted by Gasteiger charge is 2.29. The van der Waals surface area contributed by atoms with Gasteiger partial charge in [0, 0.05) is 6.04 Å². The lowest BCUT2D eigenvalue weighted by Crippen LogP contribution is -2.39. The van der Waals surface area contributed by atoms with Gasteiger partial charge in [0.05, 0.1) is 0 Å². The first-order valence-corrected chi connectivity index (χ1v) is 4.93. The van der Waals surface area contributed by atoms with Crippen molar-refractivity contribution in [1.29, 1.82) is 0 Å². The first-order chi connectivity index (χ1) is 7.29. The number of rotatable bonds is 2. The summed E-state index contributed by atoms with van der Waals surface area (Å²) in [5.41, 5.74) is 0. The van der Waals surface area contributed by atoms with E-state index in [1.807, 2.05) is 0 Å². The maximum absolute atomic E-state index is 11.1. The molecular weight excluding hydrogens is 196 g/mol. The number of amides is 1. The van der Waals surface area contributed by atoms with Crippen molar-refractivity contribution in [3.05, 3.63) is 12.7 Å². The number of anilines is 1. The van der Waals surface area contributed by atoms with E-state index in [9.17, 15) is 4.79 Å². The van der Waals surface area contributed by atoms with Gasteiger partial charge in [0.1, 0.15) is 12.7 Å². The summed E-state index contributed by atoms with van der Waals surface area (Å²) in [6, 6.07) is 0.0184. The Balaban J connectivity index is 2.23. The van der Waals surface area contributed by atoms with Gasteiger partial charge in [-0.2, -0.15) is 0 Å². The van der Waals surface area contributed by atoms with Gasteiger partial charge in [-0.1, -0.05) is 12.8 Å². The van der Waals surface area contributed by atoms with E-state index in [1.54, 1.807) is 0 Å². The number of carboxylic acid groups (broad SMARTS) is 1. The second-order valence-corrected chi connectivity index (χ2v) is 3.53. The number of hydrogen-bond donors (Lipinski definition) is 1. The molecule has 80 valence electrons. The monoisotopic (exact) mass is 208 g/mol. The van der Waals surface area contributed by atoms with Crippen LogP contribution in [0.2, 0.25) is 0 Å². The van der Waals surface area contributed by atoms with Crippen LogP contribution in [0.25, 0.3) is 0 Å². The van der Waals surface area contributed by atoms with E-state index in [2.05, 4.69) is 15.0 Å². The molecule has 1 heterocycles. The highest BCUT2D eigenvalue weighted by Crippen LogP contribution is 2.25. The number of aromatic nitrogens is 3. The lowest BCUT2D eigenvalue weighted by molar-refractivity contribution is 0.198. The summed E-state index contributed by atoms with van der Waals surface area (Å²) in [5.74, 6) is 0.226. The van der Waals surface area contributed by atoms with E-state index in [0.717, 1.165) is 25.7 Å². The molecule has 0 aliphatic heterocycles. The minimum atomic E-state index is -0.992. The molecule has 1 aromatic heterocycles. The molecule has 1 saturated carbocycles. The number of carbonyl (C=O) groups is 1. The highest BCUT2D eigenvalue weighted by molar-refractivity contribution is 5.84. The fourth-order valence-electron chi connectivity index (χ4n) is 1.92. The summed E-state index contributed by atoms with van der Waals surface area (Å²) in [5, 5.41) is 9.11. The largest absolute Gasteiger partial charge is 0.465 e. The van der Waals surface area contributed by atoms with Gasteiger partial charge in [-0.05, 0) is 12.8 Å². The maximum Gasteiger partial charge on any atom is 0.414 e. The molecule has 1 fully saturated rings. The third kappa shape index (κ3) is 2.03. The van der Waals surface area contributed by atoms with E-state index in [4.69, 9.17) is 5.11 Å². The second-order valence-electron chi connectivity index (χ2n) is 3.53. The van der Waals surface area contributed by atoms with Crippen LogP contribution in [-0.4, -0.2) is 32.2 Å². The van der Waals surface area contributed by atoms with Gasteiger partial charge >= 0.3 is 6.09 Å². The Morgan fingerprint density at radius 3 is 2.47 bits per heavy atom. The quantitative estimate of drug-likeness (QED) is 0.792. The molecule has 1 aromatic rings. The first kappa shape index (κ1) is 9.82. The van der Waals surface area contributed by atoms with Crippen molar-refractivity contribution in [2.45, 2.75) is 31.7 Å². The SMILES string of the molecule is O=C(O)N(c1ncncn1)C1CCCC1. The van der Waals surface area contributed by atoms with Gasteiger partial charge in [-0.25, -0.2) is 24.6 Å². The Kier molecular flexibility index (Phi) is 2.75. The zero-order chi connectivity index (χ0) is 10.7. The Morgan fingerprint density at radius 2 is 1.93 bits per heavy atom. The third-order valence-corrected chi connectivity index (χ3v) is 2.59. The van der Waals surface area contributed by atoms with Crippen LogP contribution in [0.1, 0.15) is 25.7 Å². The van der Waals surface area contributed by atoms with Gasteiger partial charge in [-0.3, -0.25) is 0 Å². The van der Waals surface area contributed by atoms with Gasteiger partial charge in [0.15, 0.2) is 0 Å². The smallest absolute Gasteiger partial charge is 0.414 e. The molecule has 0 atom stereocenters. The van der Waals surface area contributed by atoms with Crippen LogP contribution in [0.5, 0.6) is 0 Å². The zero-order valence-corrected chi connectivity index (χ0v) is 8.20. The van der Waals surface area contributed by atoms with Crippen LogP contribution in [-0.2, 0) is 0 Å². The minimum Gasteiger partial charge on any atom is -0.465 e. The highest BCUT2D eigenvalue weighted by atomic mass is 16.4. The van der Waals surface area contributed by atoms with Crippen LogP contribution >= 0.6 is 0 Å². The van der Waals surface area contributed by atoms with Gasteiger partial charge in [0.25, 0.3) is 0 Å². The summed E-state index contributed by atoms with van der Waals surface area (Å²) in [6.45, 7) is 0. The molecule has 1 amide bonds. The van der Waals surface area contributed by atoms with Crippen molar-refractivity contribution in [2.75, 3.05) is 4.90 Å². The molecule has 0 aromatic carbocycles. The van der Waals surface area contributed by atoms with Crippen LogP contribution in [0.15, 0.2) is 12.7 Å². The van der Waals surface area contributed by atoms with E-state index < -0.39 is 6.09 Å². The predicted molar refractivity (Wildman–Crippen MR) is 52.6 cm³/mol. The fourth-order valence-corrected chi connectivity index (χ4v) is 1.92. The molecule has 0 unspecified atom stereocenters. The Bertz CT molecular complexity index is 337. The molecule has 6 nitrogen and oxygen atoms in total. The predicted octanol–water partition coefficient (Wildman–Crippen LogP) is 1.30. The van der Waals surface area contributed by atoms with Crippen LogP contribution < -0.4 is 4.90 Å². The molecule has 15 heavy (non-hydrogen) atoms. The van der Waals surface area contributed by atoms with Gasteiger partial charge in [-0.15, -0.1) is 0 Å². The molecule has 1 N–H and O–H groups in total. The van der Waals surface area contributed by atoms with E-state index in [0.29, 0.717) is 0 Å². The molecule has 0 spiro atoms. The molecule has 0 bridgehead atoms. The lowest BCUT2D eigenvalue weighted by atomic mass is 10.2. The topological polar surface area (TPSA) is 79.2 Å². The van der Waals surface area contributed by atoms with Gasteiger partial charge < -0.3 is 5.11 Å². The second kappa shape index (κ2) is 4.20. The minimum absolute atomic E-state index is 0.0184. The van der Waals surface area contributed by atoms with Crippen molar-refractivity contribution in [1.82, 2.24) is 15.0 Å². The summed E-state index contributed by atoms with van der Waals surface area (Å²) in [4.78, 5) is 23.8. The van der Waals surface area contributed by atoms with Crippen molar-refractivity contribution in [3.63, 3.8) is 0 Å². The van der Waals surface area contributed by atoms with Crippen molar-refractivity contribution in [2.24, 2.45) is 0 Å². The number of hydrogen-bond acceptors (Lipinski definition) is 4. The summed E-state index contributed by atoms with van der Waals surface area (Å²) >= 11 is 0. The lowest BCUT2D eigenvalue weighted by Gasteiger charge is -2.23. The standard InChI is InChI=1S/C9H12N4O2/c14-9(15)13(7-3-1-2-4-7)8-11-5-10-6-12-8/h5-7H,1-4H2,(H,14,15). The summed E-state index contributed by atoms with van der Waals surface area (Å²) in [7, 11) is 0. The average Bonchev–Trinajstić information content (AvgIpc) is 2.72. The van der Waals surface area contributed by atoms with E-state index in [1.165, 1.54) is 17.6 Å². The zero-order valence-electron chi connectivity index (χ0n) is 8.20. The maximum atomic E-state index is 11.1. The Hall–Kier alpha value is -1.72. The fraction of sp³-hybridized carbons (Fsp3) is 0.556. The van der Waals surface area contributed by atoms with Crippen LogP contribution in [0.3, 0.4) is 0 Å². The summed E-state index contributed by atoms with van der Waals surface area (Å²) < 4.78 is 0. The first-order valence-electron chi connectivity index (χ1n) is 4.93. The molecule has 2 rings (SSSR count). The normalized spacial score (nSPS) is 16.5. The van der Waals surface area contributed by atoms with Crippen molar-refractivity contribution < 1.29 is 9.90 Å². The molecule has 1 aliphatic carbocycles. The molecule has 6 heteroatoms. The molecule has 1 aliphatic rings. The van der Waals surface area contributed by atoms with Crippen molar-refractivity contribution in [3.8, 4) is 0 Å². The van der Waals surface area contributed by atoms with Crippen molar-refractivity contribution >= 4 is 12.0 Å². The van der Waals surface area contributed by atoms with E-state index in [-0.39, 0.29) is 12.0 Å². The molecule has 0 saturated heterocycles. The Morgan fingerprint density at radius 1 is 1.33 bits per heavy atom. The van der Waals surface area contributed by atoms with Crippen LogP contribution in [0.4, 0.5) is 10.7 Å². The average molecular weight is 208 g/mol. The molecular formula is C9H12N4O2. The van der Waals surface area contributed by atoms with Crippen LogP contribution in [0, 0.1) is 0 Å².